The molecule has 8 rings (SSSR count). The van der Waals surface area contributed by atoms with E-state index < -0.39 is 0 Å². The van der Waals surface area contributed by atoms with Crippen LogP contribution in [0.4, 0.5) is 0 Å². The zero-order valence-corrected chi connectivity index (χ0v) is 24.6. The number of phenolic OH excluding ortho intramolecular Hbond substituents is 1. The summed E-state index contributed by atoms with van der Waals surface area (Å²) in [4.78, 5) is 9.98. The number of hydrogen-bond acceptors (Lipinski definition) is 4. The molecule has 8 aromatic rings. The van der Waals surface area contributed by atoms with E-state index in [2.05, 4.69) is 72.8 Å². The minimum absolute atomic E-state index is 0.200. The van der Waals surface area contributed by atoms with Crippen LogP contribution in [0.2, 0.25) is 0 Å². The Balaban J connectivity index is 1.25. The SMILES string of the molecule is Cc1cc(-c2cccc3c2oc2ccccc23)cc(-c2cccc(-c3cc(-c4ccccc4)cc(-c4ccccc4O)n3)c2)n1. The van der Waals surface area contributed by atoms with Crippen LogP contribution in [0.3, 0.4) is 0 Å². The number of aromatic hydroxyl groups is 1. The van der Waals surface area contributed by atoms with Crippen LogP contribution in [0.25, 0.3) is 78.0 Å². The Morgan fingerprint density at radius 3 is 1.93 bits per heavy atom. The normalized spacial score (nSPS) is 11.3. The fourth-order valence-corrected chi connectivity index (χ4v) is 6.09. The average Bonchev–Trinajstić information content (AvgIpc) is 3.47. The van der Waals surface area contributed by atoms with Crippen LogP contribution in [-0.4, -0.2) is 15.1 Å². The lowest BCUT2D eigenvalue weighted by atomic mass is 9.97. The van der Waals surface area contributed by atoms with Gasteiger partial charge in [0.05, 0.1) is 17.1 Å². The molecule has 3 heterocycles. The third-order valence-electron chi connectivity index (χ3n) is 8.24. The molecule has 0 radical (unpaired) electrons. The van der Waals surface area contributed by atoms with Gasteiger partial charge >= 0.3 is 0 Å². The van der Waals surface area contributed by atoms with Gasteiger partial charge in [0.25, 0.3) is 0 Å². The molecular weight excluding hydrogens is 552 g/mol. The summed E-state index contributed by atoms with van der Waals surface area (Å²) in [6.45, 7) is 2.03. The molecular formula is C41H28N2O2. The van der Waals surface area contributed by atoms with Gasteiger partial charge in [-0.25, -0.2) is 4.98 Å². The summed E-state index contributed by atoms with van der Waals surface area (Å²) in [5.74, 6) is 0.200. The molecule has 3 aromatic heterocycles. The van der Waals surface area contributed by atoms with E-state index in [9.17, 15) is 5.11 Å². The quantitative estimate of drug-likeness (QED) is 0.220. The number of fused-ring (bicyclic) bond motifs is 3. The van der Waals surface area contributed by atoms with E-state index in [0.717, 1.165) is 72.4 Å². The number of nitrogens with zero attached hydrogens (tertiary/aromatic N) is 2. The topological polar surface area (TPSA) is 59.2 Å². The first-order chi connectivity index (χ1) is 22.1. The summed E-state index contributed by atoms with van der Waals surface area (Å²) in [6, 6.07) is 48.8. The predicted molar refractivity (Wildman–Crippen MR) is 183 cm³/mol. The molecule has 45 heavy (non-hydrogen) atoms. The van der Waals surface area contributed by atoms with Crippen molar-refractivity contribution < 1.29 is 9.52 Å². The second-order valence-electron chi connectivity index (χ2n) is 11.3. The highest BCUT2D eigenvalue weighted by Gasteiger charge is 2.15. The van der Waals surface area contributed by atoms with Crippen molar-refractivity contribution in [1.82, 2.24) is 9.97 Å². The number of aryl methyl sites for hydroxylation is 1. The van der Waals surface area contributed by atoms with Crippen LogP contribution in [-0.2, 0) is 0 Å². The zero-order valence-electron chi connectivity index (χ0n) is 24.6. The monoisotopic (exact) mass is 580 g/mol. The highest BCUT2D eigenvalue weighted by Crippen LogP contribution is 2.38. The molecule has 0 amide bonds. The van der Waals surface area contributed by atoms with Crippen molar-refractivity contribution in [3.05, 3.63) is 151 Å². The van der Waals surface area contributed by atoms with Crippen molar-refractivity contribution >= 4 is 21.9 Å². The molecule has 4 nitrogen and oxygen atoms in total. The smallest absolute Gasteiger partial charge is 0.143 e. The van der Waals surface area contributed by atoms with Gasteiger partial charge in [0, 0.05) is 38.7 Å². The highest BCUT2D eigenvalue weighted by molar-refractivity contribution is 6.09. The number of benzene rings is 5. The third kappa shape index (κ3) is 4.92. The van der Waals surface area contributed by atoms with Gasteiger partial charge in [-0.2, -0.15) is 0 Å². The van der Waals surface area contributed by atoms with Gasteiger partial charge in [0.1, 0.15) is 16.9 Å². The van der Waals surface area contributed by atoms with E-state index in [1.807, 2.05) is 73.7 Å². The molecule has 1 N–H and O–H groups in total. The largest absolute Gasteiger partial charge is 0.507 e. The Labute approximate surface area is 260 Å². The van der Waals surface area contributed by atoms with Gasteiger partial charge < -0.3 is 9.52 Å². The van der Waals surface area contributed by atoms with Crippen molar-refractivity contribution in [1.29, 1.82) is 0 Å². The van der Waals surface area contributed by atoms with E-state index >= 15 is 0 Å². The van der Waals surface area contributed by atoms with Gasteiger partial charge in [-0.15, -0.1) is 0 Å². The zero-order chi connectivity index (χ0) is 30.3. The van der Waals surface area contributed by atoms with Crippen molar-refractivity contribution in [3.8, 4) is 61.8 Å². The van der Waals surface area contributed by atoms with E-state index in [-0.39, 0.29) is 5.75 Å². The molecule has 0 saturated carbocycles. The van der Waals surface area contributed by atoms with E-state index in [1.54, 1.807) is 6.07 Å². The standard InChI is InChI=1S/C41H28N2O2/c1-26-21-31(32-17-10-18-34-33-15-6-8-20-40(33)45-41(32)34)25-36(42-26)28-13-9-14-29(22-28)37-23-30(27-11-3-2-4-12-27)24-38(43-37)35-16-5-7-19-39(35)44/h2-25,44H,1H3. The van der Waals surface area contributed by atoms with Crippen molar-refractivity contribution in [2.24, 2.45) is 0 Å². The number of hydrogen-bond donors (Lipinski definition) is 1. The summed E-state index contributed by atoms with van der Waals surface area (Å²) in [7, 11) is 0. The number of pyridine rings is 2. The van der Waals surface area contributed by atoms with Crippen LogP contribution in [0, 0.1) is 6.92 Å². The second kappa shape index (κ2) is 10.9. The van der Waals surface area contributed by atoms with Crippen LogP contribution in [0.1, 0.15) is 5.69 Å². The summed E-state index contributed by atoms with van der Waals surface area (Å²) >= 11 is 0. The lowest BCUT2D eigenvalue weighted by Crippen LogP contribution is -1.93. The Kier molecular flexibility index (Phi) is 6.46. The Morgan fingerprint density at radius 1 is 0.467 bits per heavy atom. The van der Waals surface area contributed by atoms with Crippen LogP contribution < -0.4 is 0 Å². The number of aromatic nitrogens is 2. The van der Waals surface area contributed by atoms with Gasteiger partial charge in [0.2, 0.25) is 0 Å². The molecule has 0 aliphatic rings. The average molecular weight is 581 g/mol. The molecule has 4 heteroatoms. The third-order valence-corrected chi connectivity index (χ3v) is 8.24. The van der Waals surface area contributed by atoms with Crippen molar-refractivity contribution in [2.75, 3.05) is 0 Å². The maximum Gasteiger partial charge on any atom is 0.143 e. The Hall–Kier alpha value is -6.00. The van der Waals surface area contributed by atoms with Crippen molar-refractivity contribution in [2.45, 2.75) is 6.92 Å². The molecule has 5 aromatic carbocycles. The second-order valence-corrected chi connectivity index (χ2v) is 11.3. The van der Waals surface area contributed by atoms with E-state index in [1.165, 1.54) is 0 Å². The maximum absolute atomic E-state index is 10.7. The van der Waals surface area contributed by atoms with E-state index in [4.69, 9.17) is 14.4 Å². The fraction of sp³-hybridized carbons (Fsp3) is 0.0244. The lowest BCUT2D eigenvalue weighted by Gasteiger charge is -2.12. The van der Waals surface area contributed by atoms with Crippen molar-refractivity contribution in [3.63, 3.8) is 0 Å². The molecule has 0 unspecified atom stereocenters. The van der Waals surface area contributed by atoms with Gasteiger partial charge in [-0.3, -0.25) is 4.98 Å². The molecule has 214 valence electrons. The number of rotatable bonds is 5. The summed E-state index contributed by atoms with van der Waals surface area (Å²) < 4.78 is 6.36. The van der Waals surface area contributed by atoms with Gasteiger partial charge in [-0.1, -0.05) is 97.1 Å². The van der Waals surface area contributed by atoms with Crippen LogP contribution >= 0.6 is 0 Å². The molecule has 0 spiro atoms. The molecule has 0 saturated heterocycles. The minimum Gasteiger partial charge on any atom is -0.507 e. The molecule has 0 fully saturated rings. The molecule has 0 aliphatic heterocycles. The first-order valence-electron chi connectivity index (χ1n) is 15.0. The molecule has 0 atom stereocenters. The van der Waals surface area contributed by atoms with Gasteiger partial charge in [0.15, 0.2) is 0 Å². The first-order valence-corrected chi connectivity index (χ1v) is 15.0. The fourth-order valence-electron chi connectivity index (χ4n) is 6.09. The number of phenols is 1. The lowest BCUT2D eigenvalue weighted by molar-refractivity contribution is 0.477. The van der Waals surface area contributed by atoms with Crippen LogP contribution in [0.5, 0.6) is 5.75 Å². The maximum atomic E-state index is 10.7. The highest BCUT2D eigenvalue weighted by atomic mass is 16.3. The van der Waals surface area contributed by atoms with Crippen LogP contribution in [0.15, 0.2) is 150 Å². The first kappa shape index (κ1) is 26.6. The Morgan fingerprint density at radius 2 is 1.09 bits per heavy atom. The molecule has 0 aliphatic carbocycles. The van der Waals surface area contributed by atoms with Gasteiger partial charge in [-0.05, 0) is 72.1 Å². The van der Waals surface area contributed by atoms with E-state index in [0.29, 0.717) is 11.3 Å². The number of para-hydroxylation sites is 3. The summed E-state index contributed by atoms with van der Waals surface area (Å²) in [5.41, 5.74) is 11.9. The minimum atomic E-state index is 0.200. The summed E-state index contributed by atoms with van der Waals surface area (Å²) in [6.07, 6.45) is 0. The Bertz CT molecular complexity index is 2350. The predicted octanol–water partition coefficient (Wildman–Crippen LogP) is 10.7. The summed E-state index contributed by atoms with van der Waals surface area (Å²) in [5, 5.41) is 12.9. The molecule has 0 bridgehead atoms. The number of furan rings is 1.